The average molecular weight is 938 g/mol. The minimum absolute atomic E-state index is 0.00949. The third-order valence-corrected chi connectivity index (χ3v) is 9.72. The van der Waals surface area contributed by atoms with Crippen LogP contribution >= 0.6 is 63.7 Å². The predicted molar refractivity (Wildman–Crippen MR) is 200 cm³/mol. The van der Waals surface area contributed by atoms with Crippen molar-refractivity contribution in [1.82, 2.24) is 10.6 Å². The van der Waals surface area contributed by atoms with E-state index in [0.29, 0.717) is 48.0 Å². The first-order valence-corrected chi connectivity index (χ1v) is 17.8. The Labute approximate surface area is 319 Å². The number of phenols is 2. The van der Waals surface area contributed by atoms with Crippen molar-refractivity contribution < 1.29 is 39.7 Å². The zero-order chi connectivity index (χ0) is 35.9. The molecular weight excluding hydrogens is 912 g/mol. The summed E-state index contributed by atoms with van der Waals surface area (Å²) in [4.78, 5) is 25.8. The fraction of sp³-hybridized carbons (Fsp3) is 0.118. The number of nitrogens with zero attached hydrogens (tertiary/aromatic N) is 2. The molecule has 12 nitrogen and oxygen atoms in total. The Morgan fingerprint density at radius 1 is 0.620 bits per heavy atom. The quantitative estimate of drug-likeness (QED) is 0.0759. The summed E-state index contributed by atoms with van der Waals surface area (Å²) in [5.74, 6) is -0.629. The second-order valence-electron chi connectivity index (χ2n) is 10.8. The number of oxime groups is 2. The minimum atomic E-state index is -0.665. The lowest BCUT2D eigenvalue weighted by Crippen LogP contribution is -2.33. The lowest BCUT2D eigenvalue weighted by atomic mass is 10.1. The molecule has 2 amide bonds. The van der Waals surface area contributed by atoms with Gasteiger partial charge in [-0.2, -0.15) is 0 Å². The van der Waals surface area contributed by atoms with E-state index in [1.54, 1.807) is 60.7 Å². The van der Waals surface area contributed by atoms with E-state index in [4.69, 9.17) is 9.47 Å². The van der Waals surface area contributed by atoms with Crippen LogP contribution in [-0.2, 0) is 28.9 Å². The number of benzene rings is 4. The fourth-order valence-corrected chi connectivity index (χ4v) is 6.73. The summed E-state index contributed by atoms with van der Waals surface area (Å²) < 4.78 is 13.7. The molecular formula is C34H26Br4N4O8. The van der Waals surface area contributed by atoms with Gasteiger partial charge >= 0.3 is 0 Å². The smallest absolute Gasteiger partial charge is 0.273 e. The summed E-state index contributed by atoms with van der Waals surface area (Å²) in [5, 5.41) is 52.4. The molecule has 50 heavy (non-hydrogen) atoms. The second kappa shape index (κ2) is 16.6. The third kappa shape index (κ3) is 9.04. The van der Waals surface area contributed by atoms with Crippen molar-refractivity contribution in [3.8, 4) is 34.5 Å². The van der Waals surface area contributed by atoms with Crippen molar-refractivity contribution >= 4 is 93.0 Å². The lowest BCUT2D eigenvalue weighted by molar-refractivity contribution is -0.115. The molecule has 8 rings (SSSR count). The number of ether oxygens (including phenoxy) is 2. The van der Waals surface area contributed by atoms with Crippen molar-refractivity contribution in [2.45, 2.75) is 19.3 Å². The number of halogens is 4. The number of rotatable bonds is 0. The normalized spacial score (nSPS) is 16.6. The van der Waals surface area contributed by atoms with Crippen LogP contribution in [0.4, 0.5) is 0 Å². The topological polar surface area (TPSA) is 182 Å². The van der Waals surface area contributed by atoms with Gasteiger partial charge in [-0.05, 0) is 147 Å². The van der Waals surface area contributed by atoms with Crippen LogP contribution in [0, 0.1) is 0 Å². The molecule has 4 aromatic carbocycles. The Kier molecular flexibility index (Phi) is 12.2. The van der Waals surface area contributed by atoms with E-state index in [1.165, 1.54) is 12.3 Å². The summed E-state index contributed by atoms with van der Waals surface area (Å²) >= 11 is 13.6. The molecule has 16 heteroatoms. The Balaban J connectivity index is 1.48. The maximum atomic E-state index is 12.9. The van der Waals surface area contributed by atoms with E-state index in [-0.39, 0.29) is 58.3 Å². The first-order valence-electron chi connectivity index (χ1n) is 14.6. The van der Waals surface area contributed by atoms with Crippen molar-refractivity contribution in [2.75, 3.05) is 6.54 Å². The van der Waals surface area contributed by atoms with Gasteiger partial charge in [0.2, 0.25) is 0 Å². The summed E-state index contributed by atoms with van der Waals surface area (Å²) in [6.07, 6.45) is 3.26. The van der Waals surface area contributed by atoms with E-state index in [2.05, 4.69) is 84.7 Å². The van der Waals surface area contributed by atoms with Gasteiger partial charge in [-0.3, -0.25) is 9.59 Å². The summed E-state index contributed by atoms with van der Waals surface area (Å²) in [6, 6.07) is 16.5. The Morgan fingerprint density at radius 3 is 1.78 bits per heavy atom. The molecule has 0 atom stereocenters. The number of carbonyl (C=O) groups excluding carboxylic acids is 2. The highest BCUT2D eigenvalue weighted by molar-refractivity contribution is 9.11. The van der Waals surface area contributed by atoms with Crippen molar-refractivity contribution in [2.24, 2.45) is 10.3 Å². The van der Waals surface area contributed by atoms with Gasteiger partial charge in [-0.25, -0.2) is 0 Å². The van der Waals surface area contributed by atoms with E-state index < -0.39 is 11.8 Å². The highest BCUT2D eigenvalue weighted by Crippen LogP contribution is 2.42. The van der Waals surface area contributed by atoms with Gasteiger partial charge in [0.1, 0.15) is 22.9 Å². The maximum absolute atomic E-state index is 12.9. The molecule has 4 aliphatic rings. The minimum Gasteiger partial charge on any atom is -0.503 e. The molecule has 4 aromatic rings. The summed E-state index contributed by atoms with van der Waals surface area (Å²) in [7, 11) is 0. The molecule has 0 spiro atoms. The molecule has 0 unspecified atom stereocenters. The first kappa shape index (κ1) is 36.9. The number of hydrogen-bond acceptors (Lipinski definition) is 10. The fourth-order valence-electron chi connectivity index (χ4n) is 4.76. The van der Waals surface area contributed by atoms with Crippen LogP contribution in [0.15, 0.2) is 95.1 Å². The summed E-state index contributed by atoms with van der Waals surface area (Å²) in [6.45, 7) is 0.190. The number of nitrogens with one attached hydrogen (secondary N) is 2. The number of phenolic OH excluding ortho intramolecular Hbond substituents is 2. The SMILES string of the molecule is O=C1N/C=C\c2ccc(c(Br)c2)Oc2cc(cc(Br)c2O)CCNC(=O)/C(=N/O)Cc2ccc(c(Br)c2)Oc2cc(cc(Br)c2O)C/C1=N\O. The largest absolute Gasteiger partial charge is 0.503 e. The van der Waals surface area contributed by atoms with Crippen molar-refractivity contribution in [1.29, 1.82) is 0 Å². The first-order chi connectivity index (χ1) is 23.9. The Bertz CT molecular complexity index is 2070. The van der Waals surface area contributed by atoms with E-state index in [9.17, 15) is 30.2 Å². The van der Waals surface area contributed by atoms with Crippen LogP contribution in [0.2, 0.25) is 0 Å². The van der Waals surface area contributed by atoms with Crippen LogP contribution in [-0.4, -0.2) is 50.4 Å². The Morgan fingerprint density at radius 2 is 1.16 bits per heavy atom. The zero-order valence-corrected chi connectivity index (χ0v) is 31.9. The third-order valence-electron chi connectivity index (χ3n) is 7.27. The van der Waals surface area contributed by atoms with Gasteiger partial charge in [-0.15, -0.1) is 0 Å². The molecule has 8 bridgehead atoms. The van der Waals surface area contributed by atoms with Crippen LogP contribution in [0.25, 0.3) is 6.08 Å². The number of amides is 2. The second-order valence-corrected chi connectivity index (χ2v) is 14.2. The van der Waals surface area contributed by atoms with Gasteiger partial charge in [0.05, 0.1) is 17.9 Å². The van der Waals surface area contributed by atoms with E-state index in [0.717, 1.165) is 5.56 Å². The van der Waals surface area contributed by atoms with Crippen LogP contribution in [0.3, 0.4) is 0 Å². The monoisotopic (exact) mass is 934 g/mol. The number of aromatic hydroxyl groups is 2. The molecule has 0 saturated carbocycles. The van der Waals surface area contributed by atoms with Gasteiger partial charge < -0.3 is 40.7 Å². The van der Waals surface area contributed by atoms with E-state index in [1.807, 2.05) is 0 Å². The van der Waals surface area contributed by atoms with E-state index >= 15 is 0 Å². The lowest BCUT2D eigenvalue weighted by Gasteiger charge is -2.14. The van der Waals surface area contributed by atoms with Crippen molar-refractivity contribution in [3.63, 3.8) is 0 Å². The zero-order valence-electron chi connectivity index (χ0n) is 25.6. The van der Waals surface area contributed by atoms with Crippen LogP contribution in [0.5, 0.6) is 34.5 Å². The molecule has 0 aliphatic carbocycles. The van der Waals surface area contributed by atoms with Crippen LogP contribution < -0.4 is 20.1 Å². The molecule has 6 N–H and O–H groups in total. The van der Waals surface area contributed by atoms with Gasteiger partial charge in [0.25, 0.3) is 11.8 Å². The van der Waals surface area contributed by atoms with Gasteiger partial charge in [0.15, 0.2) is 23.0 Å². The standard InChI is InChI=1S/C34H26Br4N4O8/c35-21-9-17-1-3-27(21)49-29-15-19(11-23(37)31(29)43)6-8-40-33(45)25(41-47)13-18-2-4-28(22(36)10-18)50-30-16-20(12-24(38)32(30)44)14-26(42-48)34(46)39-7-5-17/h1-5,7,9-12,15-16,43-44,47-48H,6,8,13-14H2,(H,39,46)(H,40,45)/b7-5-,41-25+,42-26+. The molecule has 4 heterocycles. The predicted octanol–water partition coefficient (Wildman–Crippen LogP) is 7.94. The maximum Gasteiger partial charge on any atom is 0.273 e. The van der Waals surface area contributed by atoms with Gasteiger partial charge in [-0.1, -0.05) is 22.4 Å². The highest BCUT2D eigenvalue weighted by Gasteiger charge is 2.19. The Hall–Kier alpha value is -4.38. The van der Waals surface area contributed by atoms with Crippen molar-refractivity contribution in [3.05, 3.63) is 107 Å². The molecule has 4 aliphatic heterocycles. The molecule has 0 fully saturated rings. The number of hydrogen-bond donors (Lipinski definition) is 6. The summed E-state index contributed by atoms with van der Waals surface area (Å²) in [5.41, 5.74) is 2.19. The molecule has 0 saturated heterocycles. The van der Waals surface area contributed by atoms with Gasteiger partial charge in [0, 0.05) is 25.6 Å². The molecule has 0 aromatic heterocycles. The average Bonchev–Trinajstić information content (AvgIpc) is 3.08. The molecule has 258 valence electrons. The number of carbonyl (C=O) groups is 2. The highest BCUT2D eigenvalue weighted by atomic mass is 79.9. The molecule has 0 radical (unpaired) electrons. The van der Waals surface area contributed by atoms with Crippen LogP contribution in [0.1, 0.15) is 22.3 Å².